The van der Waals surface area contributed by atoms with E-state index in [0.717, 1.165) is 16.8 Å². The molecule has 3 heteroatoms. The lowest BCUT2D eigenvalue weighted by Crippen LogP contribution is -2.01. The molecular weight excluding hydrogens is 200 g/mol. The highest BCUT2D eigenvalue weighted by atomic mass is 16.5. The maximum atomic E-state index is 8.49. The molecule has 0 bridgehead atoms. The Hall–Kier alpha value is -2.13. The van der Waals surface area contributed by atoms with E-state index >= 15 is 0 Å². The van der Waals surface area contributed by atoms with E-state index in [1.165, 1.54) is 6.34 Å². The molecule has 80 valence electrons. The summed E-state index contributed by atoms with van der Waals surface area (Å²) in [7, 11) is 0. The normalized spacial score (nSPS) is 10.6. The SMILES string of the molecule is ONC=Nc1ccccc1-c1ccccc1. The first kappa shape index (κ1) is 10.4. The molecule has 0 unspecified atom stereocenters. The molecule has 0 radical (unpaired) electrons. The minimum Gasteiger partial charge on any atom is -0.290 e. The van der Waals surface area contributed by atoms with Gasteiger partial charge in [-0.2, -0.15) is 0 Å². The molecule has 0 amide bonds. The number of para-hydroxylation sites is 1. The summed E-state index contributed by atoms with van der Waals surface area (Å²) in [6.07, 6.45) is 1.25. The molecule has 0 aliphatic carbocycles. The smallest absolute Gasteiger partial charge is 0.113 e. The fraction of sp³-hybridized carbons (Fsp3) is 0. The number of nitrogens with one attached hydrogen (secondary N) is 1. The Morgan fingerprint density at radius 2 is 1.62 bits per heavy atom. The van der Waals surface area contributed by atoms with Gasteiger partial charge in [0.15, 0.2) is 0 Å². The van der Waals surface area contributed by atoms with Crippen LogP contribution in [-0.2, 0) is 0 Å². The van der Waals surface area contributed by atoms with Crippen LogP contribution < -0.4 is 5.48 Å². The second-order valence-electron chi connectivity index (χ2n) is 3.27. The Kier molecular flexibility index (Phi) is 3.31. The van der Waals surface area contributed by atoms with Crippen molar-refractivity contribution in [3.8, 4) is 11.1 Å². The molecule has 0 aliphatic rings. The number of hydroxylamine groups is 1. The molecule has 0 saturated carbocycles. The number of rotatable bonds is 3. The van der Waals surface area contributed by atoms with Crippen LogP contribution in [0.5, 0.6) is 0 Å². The van der Waals surface area contributed by atoms with E-state index in [1.54, 1.807) is 0 Å². The first-order valence-electron chi connectivity index (χ1n) is 4.98. The summed E-state index contributed by atoms with van der Waals surface area (Å²) in [5.74, 6) is 0. The van der Waals surface area contributed by atoms with Gasteiger partial charge in [0, 0.05) is 5.56 Å². The Morgan fingerprint density at radius 1 is 0.938 bits per heavy atom. The molecule has 0 saturated heterocycles. The summed E-state index contributed by atoms with van der Waals surface area (Å²) >= 11 is 0. The van der Waals surface area contributed by atoms with Crippen LogP contribution in [0.3, 0.4) is 0 Å². The van der Waals surface area contributed by atoms with Gasteiger partial charge in [0.2, 0.25) is 0 Å². The molecular formula is C13H12N2O. The zero-order chi connectivity index (χ0) is 11.2. The summed E-state index contributed by atoms with van der Waals surface area (Å²) in [5.41, 5.74) is 4.86. The van der Waals surface area contributed by atoms with E-state index in [1.807, 2.05) is 60.1 Å². The maximum Gasteiger partial charge on any atom is 0.113 e. The van der Waals surface area contributed by atoms with Crippen molar-refractivity contribution < 1.29 is 5.21 Å². The number of aliphatic imine (C=N–C) groups is 1. The lowest BCUT2D eigenvalue weighted by atomic mass is 10.0. The fourth-order valence-electron chi connectivity index (χ4n) is 1.55. The van der Waals surface area contributed by atoms with Crippen molar-refractivity contribution in [2.24, 2.45) is 4.99 Å². The number of hydrogen-bond acceptors (Lipinski definition) is 2. The van der Waals surface area contributed by atoms with Gasteiger partial charge in [0.1, 0.15) is 6.34 Å². The molecule has 2 N–H and O–H groups in total. The van der Waals surface area contributed by atoms with Crippen LogP contribution in [0.25, 0.3) is 11.1 Å². The molecule has 0 aromatic heterocycles. The van der Waals surface area contributed by atoms with Crippen LogP contribution in [0.15, 0.2) is 59.6 Å². The molecule has 3 nitrogen and oxygen atoms in total. The van der Waals surface area contributed by atoms with E-state index in [0.29, 0.717) is 0 Å². The molecule has 0 atom stereocenters. The lowest BCUT2D eigenvalue weighted by molar-refractivity contribution is 0.240. The molecule has 16 heavy (non-hydrogen) atoms. The van der Waals surface area contributed by atoms with Crippen molar-refractivity contribution in [2.45, 2.75) is 0 Å². The number of hydrogen-bond donors (Lipinski definition) is 2. The Morgan fingerprint density at radius 3 is 2.38 bits per heavy atom. The highest BCUT2D eigenvalue weighted by Crippen LogP contribution is 2.29. The second kappa shape index (κ2) is 5.09. The summed E-state index contributed by atoms with van der Waals surface area (Å²) in [4.78, 5) is 4.11. The lowest BCUT2D eigenvalue weighted by Gasteiger charge is -2.04. The van der Waals surface area contributed by atoms with Gasteiger partial charge < -0.3 is 0 Å². The molecule has 0 heterocycles. The highest BCUT2D eigenvalue weighted by molar-refractivity contribution is 5.78. The Bertz CT molecular complexity index is 480. The van der Waals surface area contributed by atoms with Crippen LogP contribution in [0.1, 0.15) is 0 Å². The van der Waals surface area contributed by atoms with Gasteiger partial charge >= 0.3 is 0 Å². The first-order chi connectivity index (χ1) is 7.92. The summed E-state index contributed by atoms with van der Waals surface area (Å²) in [6, 6.07) is 17.8. The monoisotopic (exact) mass is 212 g/mol. The number of benzene rings is 2. The predicted octanol–water partition coefficient (Wildman–Crippen LogP) is 2.99. The standard InChI is InChI=1S/C13H12N2O/c16-15-10-14-13-9-5-4-8-12(13)11-6-2-1-3-7-11/h1-10,16H,(H,14,15). The van der Waals surface area contributed by atoms with Crippen molar-refractivity contribution >= 4 is 12.0 Å². The van der Waals surface area contributed by atoms with Crippen molar-refractivity contribution in [2.75, 3.05) is 0 Å². The third kappa shape index (κ3) is 2.27. The molecule has 2 aromatic rings. The van der Waals surface area contributed by atoms with Gasteiger partial charge in [0.25, 0.3) is 0 Å². The molecule has 2 aromatic carbocycles. The maximum absolute atomic E-state index is 8.49. The van der Waals surface area contributed by atoms with Crippen LogP contribution in [0, 0.1) is 0 Å². The van der Waals surface area contributed by atoms with E-state index in [-0.39, 0.29) is 0 Å². The first-order valence-corrected chi connectivity index (χ1v) is 4.98. The minimum atomic E-state index is 0.815. The summed E-state index contributed by atoms with van der Waals surface area (Å²) < 4.78 is 0. The van der Waals surface area contributed by atoms with E-state index in [2.05, 4.69) is 4.99 Å². The van der Waals surface area contributed by atoms with Crippen LogP contribution in [-0.4, -0.2) is 11.5 Å². The quantitative estimate of drug-likeness (QED) is 0.466. The zero-order valence-corrected chi connectivity index (χ0v) is 8.67. The third-order valence-electron chi connectivity index (χ3n) is 2.25. The van der Waals surface area contributed by atoms with Crippen molar-refractivity contribution in [1.29, 1.82) is 0 Å². The van der Waals surface area contributed by atoms with Gasteiger partial charge in [-0.1, -0.05) is 48.5 Å². The molecule has 0 spiro atoms. The van der Waals surface area contributed by atoms with E-state index in [9.17, 15) is 0 Å². The Labute approximate surface area is 94.0 Å². The van der Waals surface area contributed by atoms with E-state index in [4.69, 9.17) is 5.21 Å². The van der Waals surface area contributed by atoms with Gasteiger partial charge in [-0.3, -0.25) is 10.7 Å². The molecule has 2 rings (SSSR count). The van der Waals surface area contributed by atoms with Crippen molar-refractivity contribution in [3.05, 3.63) is 54.6 Å². The molecule has 0 aliphatic heterocycles. The number of nitrogens with zero attached hydrogens (tertiary/aromatic N) is 1. The van der Waals surface area contributed by atoms with Crippen molar-refractivity contribution in [3.63, 3.8) is 0 Å². The zero-order valence-electron chi connectivity index (χ0n) is 8.67. The predicted molar refractivity (Wildman–Crippen MR) is 65.0 cm³/mol. The average Bonchev–Trinajstić information content (AvgIpc) is 2.38. The van der Waals surface area contributed by atoms with Gasteiger partial charge in [-0.15, -0.1) is 0 Å². The second-order valence-corrected chi connectivity index (χ2v) is 3.27. The average molecular weight is 212 g/mol. The molecule has 0 fully saturated rings. The largest absolute Gasteiger partial charge is 0.290 e. The minimum absolute atomic E-state index is 0.815. The summed E-state index contributed by atoms with van der Waals surface area (Å²) in [6.45, 7) is 0. The third-order valence-corrected chi connectivity index (χ3v) is 2.25. The van der Waals surface area contributed by atoms with Crippen molar-refractivity contribution in [1.82, 2.24) is 5.48 Å². The Balaban J connectivity index is 2.45. The van der Waals surface area contributed by atoms with Gasteiger partial charge in [-0.05, 0) is 11.6 Å². The topological polar surface area (TPSA) is 44.6 Å². The van der Waals surface area contributed by atoms with Gasteiger partial charge in [-0.25, -0.2) is 4.99 Å². The van der Waals surface area contributed by atoms with E-state index < -0.39 is 0 Å². The summed E-state index contributed by atoms with van der Waals surface area (Å²) in [5, 5.41) is 8.49. The highest BCUT2D eigenvalue weighted by Gasteiger charge is 2.01. The van der Waals surface area contributed by atoms with Crippen LogP contribution >= 0.6 is 0 Å². The van der Waals surface area contributed by atoms with Gasteiger partial charge in [0.05, 0.1) is 5.69 Å². The fourth-order valence-corrected chi connectivity index (χ4v) is 1.55. The van der Waals surface area contributed by atoms with Crippen LogP contribution in [0.2, 0.25) is 0 Å². The van der Waals surface area contributed by atoms with Crippen LogP contribution in [0.4, 0.5) is 5.69 Å².